The summed E-state index contributed by atoms with van der Waals surface area (Å²) in [5.74, 6) is 0.690. The summed E-state index contributed by atoms with van der Waals surface area (Å²) in [7, 11) is 0. The highest BCUT2D eigenvalue weighted by molar-refractivity contribution is 6.00. The third-order valence-corrected chi connectivity index (χ3v) is 3.61. The van der Waals surface area contributed by atoms with Crippen LogP contribution in [0.5, 0.6) is 5.75 Å². The molecule has 1 atom stereocenters. The number of aliphatic hydroxyl groups is 1. The van der Waals surface area contributed by atoms with Crippen LogP contribution in [0.15, 0.2) is 24.3 Å². The predicted molar refractivity (Wildman–Crippen MR) is 78.2 cm³/mol. The van der Waals surface area contributed by atoms with Crippen molar-refractivity contribution < 1.29 is 14.6 Å². The smallest absolute Gasteiger partial charge is 0.180 e. The van der Waals surface area contributed by atoms with Gasteiger partial charge in [0, 0.05) is 6.54 Å². The summed E-state index contributed by atoms with van der Waals surface area (Å²) < 4.78 is 5.50. The van der Waals surface area contributed by atoms with Crippen LogP contribution in [0.25, 0.3) is 0 Å². The maximum Gasteiger partial charge on any atom is 0.180 e. The number of rotatable bonds is 5. The lowest BCUT2D eigenvalue weighted by molar-refractivity contribution is -0.0133. The Hall–Kier alpha value is -1.39. The number of para-hydroxylation sites is 1. The molecule has 2 rings (SSSR count). The minimum absolute atomic E-state index is 0.0479. The van der Waals surface area contributed by atoms with E-state index >= 15 is 0 Å². The minimum atomic E-state index is -0.683. The van der Waals surface area contributed by atoms with Crippen LogP contribution in [0.4, 0.5) is 0 Å². The Labute approximate surface area is 120 Å². The summed E-state index contributed by atoms with van der Waals surface area (Å²) >= 11 is 0. The lowest BCUT2D eigenvalue weighted by Gasteiger charge is -2.36. The number of likely N-dealkylation sites (tertiary alicyclic amines) is 1. The molecule has 1 aromatic rings. The molecule has 1 aliphatic rings. The maximum atomic E-state index is 12.4. The number of piperidine rings is 1. The Kier molecular flexibility index (Phi) is 4.78. The van der Waals surface area contributed by atoms with Crippen molar-refractivity contribution in [1.82, 2.24) is 4.90 Å². The number of Topliss-reactive ketones (excluding diaryl/α,β-unsaturated/α-hetero) is 1. The molecule has 0 aliphatic carbocycles. The van der Waals surface area contributed by atoms with Crippen molar-refractivity contribution in [2.75, 3.05) is 26.2 Å². The van der Waals surface area contributed by atoms with E-state index in [-0.39, 0.29) is 5.78 Å². The van der Waals surface area contributed by atoms with Crippen LogP contribution in [0.2, 0.25) is 0 Å². The lowest BCUT2D eigenvalue weighted by atomic mass is 9.95. The van der Waals surface area contributed by atoms with E-state index in [9.17, 15) is 9.90 Å². The van der Waals surface area contributed by atoms with Crippen LogP contribution in [0.3, 0.4) is 0 Å². The standard InChI is InChI=1S/C16H23NO3/c1-3-20-15-8-5-4-7-13(15)14(18)11-17-10-6-9-16(2,19)12-17/h4-5,7-8,19H,3,6,9-12H2,1-2H3. The molecule has 4 nitrogen and oxygen atoms in total. The largest absolute Gasteiger partial charge is 0.493 e. The third kappa shape index (κ3) is 3.81. The van der Waals surface area contributed by atoms with Crippen molar-refractivity contribution in [2.24, 2.45) is 0 Å². The summed E-state index contributed by atoms with van der Waals surface area (Å²) in [6, 6.07) is 7.34. The van der Waals surface area contributed by atoms with E-state index < -0.39 is 5.60 Å². The number of nitrogens with zero attached hydrogens (tertiary/aromatic N) is 1. The molecule has 0 aromatic heterocycles. The fourth-order valence-corrected chi connectivity index (χ4v) is 2.72. The Bertz CT molecular complexity index is 471. The second-order valence-electron chi connectivity index (χ2n) is 5.66. The van der Waals surface area contributed by atoms with Gasteiger partial charge in [0.05, 0.1) is 24.3 Å². The van der Waals surface area contributed by atoms with Crippen LogP contribution in [0.1, 0.15) is 37.0 Å². The molecule has 0 bridgehead atoms. The molecule has 0 radical (unpaired) electrons. The summed E-state index contributed by atoms with van der Waals surface area (Å²) in [6.07, 6.45) is 1.72. The molecular weight excluding hydrogens is 254 g/mol. The minimum Gasteiger partial charge on any atom is -0.493 e. The zero-order valence-electron chi connectivity index (χ0n) is 12.3. The molecule has 0 spiro atoms. The van der Waals surface area contributed by atoms with Gasteiger partial charge in [-0.2, -0.15) is 0 Å². The molecule has 1 unspecified atom stereocenters. The highest BCUT2D eigenvalue weighted by Gasteiger charge is 2.29. The van der Waals surface area contributed by atoms with Crippen LogP contribution >= 0.6 is 0 Å². The number of β-amino-alcohol motifs (C(OH)–C–C–N with tert-alkyl or cyclic N) is 1. The number of ketones is 1. The number of benzene rings is 1. The van der Waals surface area contributed by atoms with Crippen molar-refractivity contribution in [3.63, 3.8) is 0 Å². The Morgan fingerprint density at radius 2 is 2.20 bits per heavy atom. The zero-order valence-corrected chi connectivity index (χ0v) is 12.3. The van der Waals surface area contributed by atoms with E-state index in [1.54, 1.807) is 6.07 Å². The molecule has 1 fully saturated rings. The van der Waals surface area contributed by atoms with E-state index in [0.29, 0.717) is 31.0 Å². The molecule has 1 heterocycles. The van der Waals surface area contributed by atoms with Gasteiger partial charge in [0.2, 0.25) is 0 Å². The molecule has 1 saturated heterocycles. The average molecular weight is 277 g/mol. The predicted octanol–water partition coefficient (Wildman–Crippen LogP) is 2.11. The normalized spacial score (nSPS) is 23.6. The molecule has 0 amide bonds. The van der Waals surface area contributed by atoms with Gasteiger partial charge in [0.15, 0.2) is 5.78 Å². The number of carbonyl (C=O) groups is 1. The molecule has 0 saturated carbocycles. The Morgan fingerprint density at radius 1 is 1.45 bits per heavy atom. The van der Waals surface area contributed by atoms with Gasteiger partial charge >= 0.3 is 0 Å². The topological polar surface area (TPSA) is 49.8 Å². The zero-order chi connectivity index (χ0) is 14.6. The first-order chi connectivity index (χ1) is 9.52. The number of hydrogen-bond acceptors (Lipinski definition) is 4. The van der Waals surface area contributed by atoms with Gasteiger partial charge in [-0.25, -0.2) is 0 Å². The van der Waals surface area contributed by atoms with Crippen LogP contribution < -0.4 is 4.74 Å². The summed E-state index contributed by atoms with van der Waals surface area (Å²) in [5.41, 5.74) is -0.0580. The molecule has 1 aliphatic heterocycles. The fraction of sp³-hybridized carbons (Fsp3) is 0.562. The average Bonchev–Trinajstić information content (AvgIpc) is 2.38. The van der Waals surface area contributed by atoms with Crippen molar-refractivity contribution in [1.29, 1.82) is 0 Å². The molecule has 1 aromatic carbocycles. The van der Waals surface area contributed by atoms with Crippen LogP contribution in [0, 0.1) is 0 Å². The van der Waals surface area contributed by atoms with Crippen molar-refractivity contribution in [3.8, 4) is 5.75 Å². The lowest BCUT2D eigenvalue weighted by Crippen LogP contribution is -2.47. The molecule has 110 valence electrons. The number of ether oxygens (including phenoxy) is 1. The van der Waals surface area contributed by atoms with Gasteiger partial charge in [0.25, 0.3) is 0 Å². The van der Waals surface area contributed by atoms with Gasteiger partial charge < -0.3 is 9.84 Å². The summed E-state index contributed by atoms with van der Waals surface area (Å²) in [6.45, 7) is 6.03. The maximum absolute atomic E-state index is 12.4. The van der Waals surface area contributed by atoms with E-state index in [2.05, 4.69) is 0 Å². The second-order valence-corrected chi connectivity index (χ2v) is 5.66. The highest BCUT2D eigenvalue weighted by Crippen LogP contribution is 2.22. The molecular formula is C16H23NO3. The monoisotopic (exact) mass is 277 g/mol. The first kappa shape index (κ1) is 15.0. The Morgan fingerprint density at radius 3 is 2.90 bits per heavy atom. The van der Waals surface area contributed by atoms with E-state index in [4.69, 9.17) is 4.74 Å². The highest BCUT2D eigenvalue weighted by atomic mass is 16.5. The van der Waals surface area contributed by atoms with E-state index in [1.165, 1.54) is 0 Å². The number of carbonyl (C=O) groups excluding carboxylic acids is 1. The quantitative estimate of drug-likeness (QED) is 0.838. The van der Waals surface area contributed by atoms with Crippen molar-refractivity contribution in [2.45, 2.75) is 32.3 Å². The van der Waals surface area contributed by atoms with E-state index in [1.807, 2.05) is 36.9 Å². The SMILES string of the molecule is CCOc1ccccc1C(=O)CN1CCCC(C)(O)C1. The van der Waals surface area contributed by atoms with Gasteiger partial charge in [0.1, 0.15) is 5.75 Å². The Balaban J connectivity index is 2.05. The van der Waals surface area contributed by atoms with Crippen molar-refractivity contribution in [3.05, 3.63) is 29.8 Å². The molecule has 20 heavy (non-hydrogen) atoms. The number of hydrogen-bond donors (Lipinski definition) is 1. The summed E-state index contributed by atoms with van der Waals surface area (Å²) in [5, 5.41) is 10.1. The first-order valence-electron chi connectivity index (χ1n) is 7.21. The van der Waals surface area contributed by atoms with Gasteiger partial charge in [-0.1, -0.05) is 12.1 Å². The second kappa shape index (κ2) is 6.37. The van der Waals surface area contributed by atoms with Crippen LogP contribution in [-0.2, 0) is 0 Å². The molecule has 1 N–H and O–H groups in total. The summed E-state index contributed by atoms with van der Waals surface area (Å²) in [4.78, 5) is 14.4. The third-order valence-electron chi connectivity index (χ3n) is 3.61. The molecule has 4 heteroatoms. The van der Waals surface area contributed by atoms with Crippen LogP contribution in [-0.4, -0.2) is 47.6 Å². The van der Waals surface area contributed by atoms with Gasteiger partial charge in [-0.3, -0.25) is 9.69 Å². The first-order valence-corrected chi connectivity index (χ1v) is 7.21. The van der Waals surface area contributed by atoms with E-state index in [0.717, 1.165) is 19.4 Å². The van der Waals surface area contributed by atoms with Crippen molar-refractivity contribution >= 4 is 5.78 Å². The fourth-order valence-electron chi connectivity index (χ4n) is 2.72. The van der Waals surface area contributed by atoms with Gasteiger partial charge in [-0.05, 0) is 45.4 Å². The van der Waals surface area contributed by atoms with Gasteiger partial charge in [-0.15, -0.1) is 0 Å².